The molecule has 1 heterocycles. The summed E-state index contributed by atoms with van der Waals surface area (Å²) >= 11 is 0. The molecule has 1 N–H and O–H groups in total. The standard InChI is InChI=1S/C14H29NO3S/c1-3-9-15-13(12-14-8-5-10-18-14)7-6-11-19(16,17)4-2/h13-15H,3-12H2,1-2H3. The first kappa shape index (κ1) is 16.9. The molecule has 1 fully saturated rings. The highest BCUT2D eigenvalue weighted by Crippen LogP contribution is 2.19. The van der Waals surface area contributed by atoms with Gasteiger partial charge in [0.25, 0.3) is 0 Å². The summed E-state index contributed by atoms with van der Waals surface area (Å²) in [5, 5.41) is 3.53. The molecule has 1 aliphatic rings. The SMILES string of the molecule is CCCNC(CCCS(=O)(=O)CC)CC1CCCO1. The number of nitrogens with one attached hydrogen (secondary N) is 1. The monoisotopic (exact) mass is 291 g/mol. The molecule has 0 radical (unpaired) electrons. The zero-order chi connectivity index (χ0) is 14.1. The second kappa shape index (κ2) is 8.93. The second-order valence-corrected chi connectivity index (χ2v) is 7.87. The molecule has 0 amide bonds. The molecule has 5 heteroatoms. The average Bonchev–Trinajstić information content (AvgIpc) is 2.88. The Morgan fingerprint density at radius 2 is 2.16 bits per heavy atom. The van der Waals surface area contributed by atoms with Crippen molar-refractivity contribution in [1.29, 1.82) is 0 Å². The van der Waals surface area contributed by atoms with Crippen molar-refractivity contribution >= 4 is 9.84 Å². The lowest BCUT2D eigenvalue weighted by Crippen LogP contribution is -2.33. The van der Waals surface area contributed by atoms with Gasteiger partial charge in [0.15, 0.2) is 0 Å². The molecule has 1 rings (SSSR count). The van der Waals surface area contributed by atoms with E-state index in [1.165, 1.54) is 0 Å². The third-order valence-corrected chi connectivity index (χ3v) is 5.49. The number of rotatable bonds is 10. The van der Waals surface area contributed by atoms with Gasteiger partial charge in [0.1, 0.15) is 9.84 Å². The Morgan fingerprint density at radius 1 is 1.37 bits per heavy atom. The van der Waals surface area contributed by atoms with Crippen LogP contribution in [0.1, 0.15) is 52.4 Å². The molecule has 0 saturated carbocycles. The van der Waals surface area contributed by atoms with E-state index in [-0.39, 0.29) is 5.75 Å². The first-order valence-corrected chi connectivity index (χ1v) is 9.45. The summed E-state index contributed by atoms with van der Waals surface area (Å²) in [7, 11) is -2.82. The van der Waals surface area contributed by atoms with Crippen molar-refractivity contribution in [3.05, 3.63) is 0 Å². The minimum atomic E-state index is -2.82. The van der Waals surface area contributed by atoms with Crippen LogP contribution in [0.15, 0.2) is 0 Å². The van der Waals surface area contributed by atoms with Crippen LogP contribution in [0, 0.1) is 0 Å². The van der Waals surface area contributed by atoms with Crippen molar-refractivity contribution in [3.63, 3.8) is 0 Å². The van der Waals surface area contributed by atoms with Gasteiger partial charge in [-0.25, -0.2) is 8.42 Å². The van der Waals surface area contributed by atoms with E-state index in [1.807, 2.05) is 0 Å². The Labute approximate surface area is 118 Å². The molecule has 0 aromatic carbocycles. The number of sulfone groups is 1. The van der Waals surface area contributed by atoms with Gasteiger partial charge in [-0.05, 0) is 45.1 Å². The third kappa shape index (κ3) is 7.28. The van der Waals surface area contributed by atoms with E-state index in [0.29, 0.717) is 17.9 Å². The van der Waals surface area contributed by atoms with Gasteiger partial charge in [-0.1, -0.05) is 13.8 Å². The predicted molar refractivity (Wildman–Crippen MR) is 79.2 cm³/mol. The molecule has 1 aliphatic heterocycles. The van der Waals surface area contributed by atoms with Gasteiger partial charge >= 0.3 is 0 Å². The summed E-state index contributed by atoms with van der Waals surface area (Å²) in [5.41, 5.74) is 0. The van der Waals surface area contributed by atoms with Crippen LogP contribution in [0.3, 0.4) is 0 Å². The van der Waals surface area contributed by atoms with Gasteiger partial charge in [-0.2, -0.15) is 0 Å². The highest BCUT2D eigenvalue weighted by Gasteiger charge is 2.20. The Kier molecular flexibility index (Phi) is 7.95. The number of hydrogen-bond acceptors (Lipinski definition) is 4. The second-order valence-electron chi connectivity index (χ2n) is 5.40. The fraction of sp³-hybridized carbons (Fsp3) is 1.00. The summed E-state index contributed by atoms with van der Waals surface area (Å²) < 4.78 is 28.7. The van der Waals surface area contributed by atoms with Crippen LogP contribution < -0.4 is 5.32 Å². The van der Waals surface area contributed by atoms with Crippen molar-refractivity contribution in [3.8, 4) is 0 Å². The quantitative estimate of drug-likeness (QED) is 0.670. The molecular weight excluding hydrogens is 262 g/mol. The summed E-state index contributed by atoms with van der Waals surface area (Å²) in [6.07, 6.45) is 6.50. The third-order valence-electron chi connectivity index (χ3n) is 3.70. The average molecular weight is 291 g/mol. The maximum absolute atomic E-state index is 11.5. The summed E-state index contributed by atoms with van der Waals surface area (Å²) in [5.74, 6) is 0.575. The lowest BCUT2D eigenvalue weighted by molar-refractivity contribution is 0.0935. The zero-order valence-corrected chi connectivity index (χ0v) is 13.2. The van der Waals surface area contributed by atoms with Gasteiger partial charge in [-0.3, -0.25) is 0 Å². The normalized spacial score (nSPS) is 21.7. The predicted octanol–water partition coefficient (Wildman–Crippen LogP) is 2.14. The maximum atomic E-state index is 11.5. The van der Waals surface area contributed by atoms with Gasteiger partial charge in [0.2, 0.25) is 0 Å². The first-order valence-electron chi connectivity index (χ1n) is 7.62. The highest BCUT2D eigenvalue weighted by atomic mass is 32.2. The lowest BCUT2D eigenvalue weighted by Gasteiger charge is -2.21. The summed E-state index contributed by atoms with van der Waals surface area (Å²) in [6, 6.07) is 0.398. The highest BCUT2D eigenvalue weighted by molar-refractivity contribution is 7.91. The minimum Gasteiger partial charge on any atom is -0.378 e. The molecule has 1 saturated heterocycles. The molecular formula is C14H29NO3S. The Bertz CT molecular complexity index is 324. The number of hydrogen-bond donors (Lipinski definition) is 1. The maximum Gasteiger partial charge on any atom is 0.150 e. The van der Waals surface area contributed by atoms with Crippen molar-refractivity contribution < 1.29 is 13.2 Å². The minimum absolute atomic E-state index is 0.256. The van der Waals surface area contributed by atoms with Gasteiger partial charge in [0.05, 0.1) is 11.9 Å². The van der Waals surface area contributed by atoms with Crippen LogP contribution in [0.5, 0.6) is 0 Å². The van der Waals surface area contributed by atoms with E-state index >= 15 is 0 Å². The Balaban J connectivity index is 2.31. The molecule has 0 spiro atoms. The zero-order valence-electron chi connectivity index (χ0n) is 12.4. The topological polar surface area (TPSA) is 55.4 Å². The van der Waals surface area contributed by atoms with Crippen LogP contribution in [0.25, 0.3) is 0 Å². The van der Waals surface area contributed by atoms with Gasteiger partial charge in [0, 0.05) is 18.4 Å². The lowest BCUT2D eigenvalue weighted by atomic mass is 10.0. The van der Waals surface area contributed by atoms with Crippen molar-refractivity contribution in [2.45, 2.75) is 64.5 Å². The summed E-state index contributed by atoms with van der Waals surface area (Å²) in [6.45, 7) is 5.75. The molecule has 114 valence electrons. The van der Waals surface area contributed by atoms with Crippen molar-refractivity contribution in [2.24, 2.45) is 0 Å². The van der Waals surface area contributed by atoms with E-state index in [4.69, 9.17) is 4.74 Å². The van der Waals surface area contributed by atoms with Crippen LogP contribution in [0.4, 0.5) is 0 Å². The van der Waals surface area contributed by atoms with Crippen LogP contribution in [-0.2, 0) is 14.6 Å². The largest absolute Gasteiger partial charge is 0.378 e. The Morgan fingerprint density at radius 3 is 2.74 bits per heavy atom. The molecule has 2 atom stereocenters. The molecule has 0 bridgehead atoms. The van der Waals surface area contributed by atoms with Gasteiger partial charge < -0.3 is 10.1 Å². The fourth-order valence-electron chi connectivity index (χ4n) is 2.49. The smallest absolute Gasteiger partial charge is 0.150 e. The molecule has 4 nitrogen and oxygen atoms in total. The van der Waals surface area contributed by atoms with E-state index in [9.17, 15) is 8.42 Å². The van der Waals surface area contributed by atoms with Crippen LogP contribution in [-0.4, -0.2) is 45.2 Å². The molecule has 0 aromatic rings. The number of ether oxygens (including phenoxy) is 1. The summed E-state index contributed by atoms with van der Waals surface area (Å²) in [4.78, 5) is 0. The molecule has 0 aliphatic carbocycles. The van der Waals surface area contributed by atoms with Crippen molar-refractivity contribution in [2.75, 3.05) is 24.7 Å². The van der Waals surface area contributed by atoms with Crippen LogP contribution in [0.2, 0.25) is 0 Å². The van der Waals surface area contributed by atoms with Crippen molar-refractivity contribution in [1.82, 2.24) is 5.32 Å². The molecule has 2 unspecified atom stereocenters. The first-order chi connectivity index (χ1) is 9.07. The molecule has 19 heavy (non-hydrogen) atoms. The van der Waals surface area contributed by atoms with E-state index in [1.54, 1.807) is 6.92 Å². The van der Waals surface area contributed by atoms with E-state index < -0.39 is 9.84 Å². The van der Waals surface area contributed by atoms with Crippen LogP contribution >= 0.6 is 0 Å². The van der Waals surface area contributed by atoms with E-state index in [0.717, 1.165) is 51.7 Å². The molecule has 0 aromatic heterocycles. The van der Waals surface area contributed by atoms with Gasteiger partial charge in [-0.15, -0.1) is 0 Å². The fourth-order valence-corrected chi connectivity index (χ4v) is 3.39. The van der Waals surface area contributed by atoms with E-state index in [2.05, 4.69) is 12.2 Å². The Hall–Kier alpha value is -0.130.